The van der Waals surface area contributed by atoms with Crippen LogP contribution in [0.4, 0.5) is 0 Å². The van der Waals surface area contributed by atoms with Crippen LogP contribution in [0.5, 0.6) is 23.0 Å². The highest BCUT2D eigenvalue weighted by Gasteiger charge is 2.25. The Bertz CT molecular complexity index is 800. The predicted molar refractivity (Wildman–Crippen MR) is 122 cm³/mol. The molecule has 0 aliphatic heterocycles. The maximum Gasteiger partial charge on any atom is 0.136 e. The Morgan fingerprint density at radius 1 is 0.767 bits per heavy atom. The fourth-order valence-electron chi connectivity index (χ4n) is 3.81. The van der Waals surface area contributed by atoms with Gasteiger partial charge in [0.2, 0.25) is 0 Å². The lowest BCUT2D eigenvalue weighted by Crippen LogP contribution is -2.10. The molecule has 0 N–H and O–H groups in total. The SMILES string of the molecule is CCCCCOC(CCC(C)C)c1cc(OC)c2c(OC)ccc(OC)c2c1OC. The van der Waals surface area contributed by atoms with Crippen LogP contribution in [0.25, 0.3) is 10.8 Å². The lowest BCUT2D eigenvalue weighted by Gasteiger charge is -2.25. The van der Waals surface area contributed by atoms with Crippen LogP contribution in [0.3, 0.4) is 0 Å². The van der Waals surface area contributed by atoms with Gasteiger partial charge in [0.1, 0.15) is 23.0 Å². The van der Waals surface area contributed by atoms with Gasteiger partial charge in [0.25, 0.3) is 0 Å². The molecule has 0 aliphatic carbocycles. The van der Waals surface area contributed by atoms with Crippen molar-refractivity contribution in [1.82, 2.24) is 0 Å². The van der Waals surface area contributed by atoms with Gasteiger partial charge in [0.15, 0.2) is 0 Å². The van der Waals surface area contributed by atoms with Crippen LogP contribution in [0.15, 0.2) is 18.2 Å². The molecule has 5 nitrogen and oxygen atoms in total. The summed E-state index contributed by atoms with van der Waals surface area (Å²) in [5.41, 5.74) is 0.991. The molecule has 0 bridgehead atoms. The van der Waals surface area contributed by atoms with Crippen molar-refractivity contribution in [2.75, 3.05) is 35.0 Å². The molecule has 2 rings (SSSR count). The van der Waals surface area contributed by atoms with Gasteiger partial charge in [-0.2, -0.15) is 0 Å². The zero-order valence-electron chi connectivity index (χ0n) is 19.7. The zero-order valence-corrected chi connectivity index (χ0v) is 19.7. The molecule has 30 heavy (non-hydrogen) atoms. The van der Waals surface area contributed by atoms with Crippen LogP contribution in [-0.4, -0.2) is 35.0 Å². The maximum absolute atomic E-state index is 6.39. The Balaban J connectivity index is 2.65. The van der Waals surface area contributed by atoms with E-state index in [0.29, 0.717) is 5.92 Å². The highest BCUT2D eigenvalue weighted by molar-refractivity contribution is 6.03. The molecule has 5 heteroatoms. The Hall–Kier alpha value is -2.14. The second-order valence-corrected chi connectivity index (χ2v) is 7.96. The van der Waals surface area contributed by atoms with Crippen LogP contribution >= 0.6 is 0 Å². The van der Waals surface area contributed by atoms with Crippen molar-refractivity contribution < 1.29 is 23.7 Å². The van der Waals surface area contributed by atoms with Gasteiger partial charge in [-0.15, -0.1) is 0 Å². The van der Waals surface area contributed by atoms with E-state index in [-0.39, 0.29) is 6.10 Å². The van der Waals surface area contributed by atoms with Crippen molar-refractivity contribution >= 4 is 10.8 Å². The first-order valence-electron chi connectivity index (χ1n) is 10.9. The molecule has 0 saturated heterocycles. The van der Waals surface area contributed by atoms with E-state index in [1.54, 1.807) is 28.4 Å². The normalized spacial score (nSPS) is 12.3. The lowest BCUT2D eigenvalue weighted by atomic mass is 9.94. The van der Waals surface area contributed by atoms with Gasteiger partial charge in [-0.3, -0.25) is 0 Å². The zero-order chi connectivity index (χ0) is 22.1. The molecule has 1 unspecified atom stereocenters. The number of methoxy groups -OCH3 is 4. The van der Waals surface area contributed by atoms with Crippen molar-refractivity contribution in [2.45, 2.75) is 59.0 Å². The molecule has 168 valence electrons. The molecule has 0 spiro atoms. The summed E-state index contributed by atoms with van der Waals surface area (Å²) in [6.45, 7) is 7.41. The fraction of sp³-hybridized carbons (Fsp3) is 0.600. The third kappa shape index (κ3) is 5.51. The van der Waals surface area contributed by atoms with Gasteiger partial charge in [0, 0.05) is 12.2 Å². The summed E-state index contributed by atoms with van der Waals surface area (Å²) in [7, 11) is 6.69. The molecular weight excluding hydrogens is 380 g/mol. The Morgan fingerprint density at radius 2 is 1.40 bits per heavy atom. The molecule has 0 saturated carbocycles. The highest BCUT2D eigenvalue weighted by Crippen LogP contribution is 2.48. The molecule has 0 radical (unpaired) electrons. The third-order valence-corrected chi connectivity index (χ3v) is 5.44. The van der Waals surface area contributed by atoms with Crippen LogP contribution in [0.2, 0.25) is 0 Å². The van der Waals surface area contributed by atoms with Crippen molar-refractivity contribution in [3.8, 4) is 23.0 Å². The van der Waals surface area contributed by atoms with Gasteiger partial charge in [-0.05, 0) is 43.4 Å². The predicted octanol–water partition coefficient (Wildman–Crippen LogP) is 6.56. The molecule has 1 atom stereocenters. The van der Waals surface area contributed by atoms with Gasteiger partial charge in [0.05, 0.1) is 45.3 Å². The van der Waals surface area contributed by atoms with E-state index in [9.17, 15) is 0 Å². The molecule has 0 heterocycles. The second-order valence-electron chi connectivity index (χ2n) is 7.96. The summed E-state index contributed by atoms with van der Waals surface area (Å²) >= 11 is 0. The van der Waals surface area contributed by atoms with Crippen LogP contribution in [0.1, 0.15) is 64.5 Å². The maximum atomic E-state index is 6.39. The molecular formula is C25H38O5. The second kappa shape index (κ2) is 11.9. The Labute approximate surface area is 181 Å². The smallest absolute Gasteiger partial charge is 0.136 e. The summed E-state index contributed by atoms with van der Waals surface area (Å²) < 4.78 is 29.4. The summed E-state index contributed by atoms with van der Waals surface area (Å²) in [4.78, 5) is 0. The molecule has 0 aromatic heterocycles. The largest absolute Gasteiger partial charge is 0.496 e. The summed E-state index contributed by atoms with van der Waals surface area (Å²) in [5, 5.41) is 1.69. The number of hydrogen-bond acceptors (Lipinski definition) is 5. The fourth-order valence-corrected chi connectivity index (χ4v) is 3.81. The van der Waals surface area contributed by atoms with E-state index in [1.165, 1.54) is 12.8 Å². The van der Waals surface area contributed by atoms with Crippen molar-refractivity contribution in [1.29, 1.82) is 0 Å². The molecule has 2 aromatic rings. The lowest BCUT2D eigenvalue weighted by molar-refractivity contribution is 0.0390. The van der Waals surface area contributed by atoms with Gasteiger partial charge in [-0.25, -0.2) is 0 Å². The monoisotopic (exact) mass is 418 g/mol. The third-order valence-electron chi connectivity index (χ3n) is 5.44. The number of ether oxygens (including phenoxy) is 5. The molecule has 0 fully saturated rings. The van der Waals surface area contributed by atoms with Crippen molar-refractivity contribution in [2.24, 2.45) is 5.92 Å². The average Bonchev–Trinajstić information content (AvgIpc) is 2.76. The van der Waals surface area contributed by atoms with Crippen LogP contribution < -0.4 is 18.9 Å². The number of fused-ring (bicyclic) bond motifs is 1. The van der Waals surface area contributed by atoms with Gasteiger partial charge >= 0.3 is 0 Å². The van der Waals surface area contributed by atoms with Gasteiger partial charge in [-0.1, -0.05) is 33.6 Å². The van der Waals surface area contributed by atoms with E-state index in [4.69, 9.17) is 23.7 Å². The van der Waals surface area contributed by atoms with E-state index in [1.807, 2.05) is 18.2 Å². The van der Waals surface area contributed by atoms with Gasteiger partial charge < -0.3 is 23.7 Å². The number of unbranched alkanes of at least 4 members (excludes halogenated alkanes) is 2. The van der Waals surface area contributed by atoms with Crippen molar-refractivity contribution in [3.05, 3.63) is 23.8 Å². The number of benzene rings is 2. The number of hydrogen-bond donors (Lipinski definition) is 0. The van der Waals surface area contributed by atoms with E-state index in [2.05, 4.69) is 20.8 Å². The summed E-state index contributed by atoms with van der Waals surface area (Å²) in [6, 6.07) is 5.83. The summed E-state index contributed by atoms with van der Waals surface area (Å²) in [6.07, 6.45) is 5.30. The number of rotatable bonds is 13. The standard InChI is InChI=1S/C25H38O5/c1-8-9-10-15-30-19(12-11-17(2)3)18-16-22(28-6)23-20(26-4)13-14-21(27-5)24(23)25(18)29-7/h13-14,16-17,19H,8-12,15H2,1-7H3. The summed E-state index contributed by atoms with van der Waals surface area (Å²) in [5.74, 6) is 3.51. The van der Waals surface area contributed by atoms with Crippen molar-refractivity contribution in [3.63, 3.8) is 0 Å². The Morgan fingerprint density at radius 3 is 1.93 bits per heavy atom. The van der Waals surface area contributed by atoms with E-state index >= 15 is 0 Å². The quantitative estimate of drug-likeness (QED) is 0.345. The topological polar surface area (TPSA) is 46.2 Å². The first kappa shape index (κ1) is 24.1. The average molecular weight is 419 g/mol. The van der Waals surface area contributed by atoms with Crippen LogP contribution in [0, 0.1) is 5.92 Å². The first-order chi connectivity index (χ1) is 14.5. The minimum absolute atomic E-state index is 0.0755. The molecule has 2 aromatic carbocycles. The minimum Gasteiger partial charge on any atom is -0.496 e. The Kier molecular flexibility index (Phi) is 9.57. The molecule has 0 amide bonds. The molecule has 0 aliphatic rings. The van der Waals surface area contributed by atoms with Crippen LogP contribution in [-0.2, 0) is 4.74 Å². The van der Waals surface area contributed by atoms with E-state index in [0.717, 1.165) is 65.2 Å². The van der Waals surface area contributed by atoms with E-state index < -0.39 is 0 Å². The highest BCUT2D eigenvalue weighted by atomic mass is 16.5. The minimum atomic E-state index is -0.0755. The first-order valence-corrected chi connectivity index (χ1v) is 10.9.